The number of benzene rings is 1. The lowest BCUT2D eigenvalue weighted by Crippen LogP contribution is -1.94. The first kappa shape index (κ1) is 11.7. The first-order chi connectivity index (χ1) is 9.24. The van der Waals surface area contributed by atoms with Crippen LogP contribution in [0.15, 0.2) is 36.5 Å². The van der Waals surface area contributed by atoms with Gasteiger partial charge in [-0.15, -0.1) is 0 Å². The number of anilines is 3. The first-order valence-electron chi connectivity index (χ1n) is 5.68. The van der Waals surface area contributed by atoms with E-state index in [-0.39, 0.29) is 0 Å². The number of nitrogen functional groups attached to an aromatic ring is 1. The van der Waals surface area contributed by atoms with Crippen LogP contribution < -0.4 is 15.8 Å². The van der Waals surface area contributed by atoms with E-state index >= 15 is 0 Å². The Labute approximate surface area is 114 Å². The summed E-state index contributed by atoms with van der Waals surface area (Å²) in [4.78, 5) is 8.67. The maximum Gasteiger partial charge on any atom is 0.189 e. The predicted molar refractivity (Wildman–Crippen MR) is 78.1 cm³/mol. The van der Waals surface area contributed by atoms with Crippen molar-refractivity contribution in [2.45, 2.75) is 0 Å². The number of ether oxygens (including phenoxy) is 1. The van der Waals surface area contributed by atoms with E-state index in [1.807, 2.05) is 18.2 Å². The molecule has 0 fully saturated rings. The van der Waals surface area contributed by atoms with Crippen molar-refractivity contribution in [1.29, 1.82) is 0 Å². The van der Waals surface area contributed by atoms with Gasteiger partial charge < -0.3 is 15.8 Å². The summed E-state index contributed by atoms with van der Waals surface area (Å²) in [5.74, 6) is 1.51. The normalized spacial score (nSPS) is 10.6. The molecule has 0 saturated carbocycles. The van der Waals surface area contributed by atoms with E-state index in [1.54, 1.807) is 36.8 Å². The topological polar surface area (TPSA) is 73.1 Å². The molecule has 3 N–H and O–H groups in total. The lowest BCUT2D eigenvalue weighted by molar-refractivity contribution is 0.415. The number of nitrogens with two attached hydrogens (primary N) is 1. The average molecular weight is 272 g/mol. The van der Waals surface area contributed by atoms with Crippen molar-refractivity contribution < 1.29 is 4.74 Å². The number of pyridine rings is 1. The van der Waals surface area contributed by atoms with Crippen molar-refractivity contribution in [3.8, 4) is 5.75 Å². The summed E-state index contributed by atoms with van der Waals surface area (Å²) in [5, 5.41) is 3.93. The number of methoxy groups -OCH3 is 1. The summed E-state index contributed by atoms with van der Waals surface area (Å²) in [6.07, 6.45) is 1.66. The molecule has 2 aromatic heterocycles. The number of thiazole rings is 1. The SMILES string of the molecule is COc1ccc2nc(Nc3cc(N)ccn3)sc2c1. The van der Waals surface area contributed by atoms with E-state index in [9.17, 15) is 0 Å². The molecule has 0 unspecified atom stereocenters. The Morgan fingerprint density at radius 3 is 2.95 bits per heavy atom. The zero-order valence-electron chi connectivity index (χ0n) is 10.3. The number of hydrogen-bond acceptors (Lipinski definition) is 6. The van der Waals surface area contributed by atoms with E-state index in [4.69, 9.17) is 10.5 Å². The van der Waals surface area contributed by atoms with Gasteiger partial charge in [-0.05, 0) is 24.3 Å². The molecule has 5 nitrogen and oxygen atoms in total. The van der Waals surface area contributed by atoms with Crippen LogP contribution in [0, 0.1) is 0 Å². The molecule has 0 amide bonds. The van der Waals surface area contributed by atoms with E-state index < -0.39 is 0 Å². The van der Waals surface area contributed by atoms with Crippen LogP contribution in [0.25, 0.3) is 10.2 Å². The monoisotopic (exact) mass is 272 g/mol. The number of nitrogens with one attached hydrogen (secondary N) is 1. The largest absolute Gasteiger partial charge is 0.497 e. The Kier molecular flexibility index (Phi) is 2.92. The van der Waals surface area contributed by atoms with Gasteiger partial charge in [0.05, 0.1) is 17.3 Å². The molecule has 1 aromatic carbocycles. The van der Waals surface area contributed by atoms with Crippen molar-refractivity contribution in [2.75, 3.05) is 18.2 Å². The van der Waals surface area contributed by atoms with Gasteiger partial charge in [-0.2, -0.15) is 0 Å². The minimum atomic E-state index is 0.667. The number of nitrogens with zero attached hydrogens (tertiary/aromatic N) is 2. The molecule has 6 heteroatoms. The molecule has 0 radical (unpaired) electrons. The van der Waals surface area contributed by atoms with Crippen LogP contribution in [0.1, 0.15) is 0 Å². The third-order valence-corrected chi connectivity index (χ3v) is 3.55. The van der Waals surface area contributed by atoms with Gasteiger partial charge in [0.2, 0.25) is 0 Å². The van der Waals surface area contributed by atoms with Crippen LogP contribution >= 0.6 is 11.3 Å². The van der Waals surface area contributed by atoms with Crippen LogP contribution in [0.5, 0.6) is 5.75 Å². The van der Waals surface area contributed by atoms with Gasteiger partial charge in [-0.25, -0.2) is 9.97 Å². The lowest BCUT2D eigenvalue weighted by atomic mass is 10.3. The molecule has 0 bridgehead atoms. The number of aromatic nitrogens is 2. The molecule has 0 atom stereocenters. The van der Waals surface area contributed by atoms with Gasteiger partial charge >= 0.3 is 0 Å². The van der Waals surface area contributed by atoms with Crippen LogP contribution in [-0.4, -0.2) is 17.1 Å². The van der Waals surface area contributed by atoms with E-state index in [0.717, 1.165) is 21.1 Å². The average Bonchev–Trinajstić information content (AvgIpc) is 2.79. The van der Waals surface area contributed by atoms with Crippen molar-refractivity contribution in [1.82, 2.24) is 9.97 Å². The fourth-order valence-corrected chi connectivity index (χ4v) is 2.61. The molecule has 0 aliphatic carbocycles. The highest BCUT2D eigenvalue weighted by Crippen LogP contribution is 2.30. The van der Waals surface area contributed by atoms with E-state index in [1.165, 1.54) is 0 Å². The lowest BCUT2D eigenvalue weighted by Gasteiger charge is -2.01. The van der Waals surface area contributed by atoms with Crippen LogP contribution in [0.3, 0.4) is 0 Å². The molecule has 0 spiro atoms. The van der Waals surface area contributed by atoms with E-state index in [0.29, 0.717) is 11.5 Å². The Morgan fingerprint density at radius 1 is 1.26 bits per heavy atom. The van der Waals surface area contributed by atoms with Crippen molar-refractivity contribution in [2.24, 2.45) is 0 Å². The molecule has 3 aromatic rings. The highest BCUT2D eigenvalue weighted by Gasteiger charge is 2.06. The van der Waals surface area contributed by atoms with Gasteiger partial charge in [0.25, 0.3) is 0 Å². The maximum atomic E-state index is 5.71. The highest BCUT2D eigenvalue weighted by atomic mass is 32.1. The van der Waals surface area contributed by atoms with Gasteiger partial charge in [0.1, 0.15) is 11.6 Å². The molecule has 2 heterocycles. The second-order valence-electron chi connectivity index (χ2n) is 3.95. The Balaban J connectivity index is 1.93. The summed E-state index contributed by atoms with van der Waals surface area (Å²) in [6, 6.07) is 9.30. The summed E-state index contributed by atoms with van der Waals surface area (Å²) in [6.45, 7) is 0. The molecular weight excluding hydrogens is 260 g/mol. The maximum absolute atomic E-state index is 5.71. The quantitative estimate of drug-likeness (QED) is 0.766. The Hall–Kier alpha value is -2.34. The highest BCUT2D eigenvalue weighted by molar-refractivity contribution is 7.22. The Morgan fingerprint density at radius 2 is 2.16 bits per heavy atom. The molecule has 19 heavy (non-hydrogen) atoms. The van der Waals surface area contributed by atoms with Crippen molar-refractivity contribution in [3.63, 3.8) is 0 Å². The smallest absolute Gasteiger partial charge is 0.189 e. The number of rotatable bonds is 3. The van der Waals surface area contributed by atoms with Gasteiger partial charge in [0.15, 0.2) is 5.13 Å². The number of hydrogen-bond donors (Lipinski definition) is 2. The molecule has 96 valence electrons. The molecule has 0 aliphatic rings. The number of fused-ring (bicyclic) bond motifs is 1. The summed E-state index contributed by atoms with van der Waals surface area (Å²) in [7, 11) is 1.65. The predicted octanol–water partition coefficient (Wildman–Crippen LogP) is 3.03. The third kappa shape index (κ3) is 2.43. The molecular formula is C13H12N4OS. The fourth-order valence-electron chi connectivity index (χ4n) is 1.71. The summed E-state index contributed by atoms with van der Waals surface area (Å²) in [5.41, 5.74) is 7.31. The third-order valence-electron chi connectivity index (χ3n) is 2.61. The van der Waals surface area contributed by atoms with E-state index in [2.05, 4.69) is 15.3 Å². The molecule has 0 aliphatic heterocycles. The summed E-state index contributed by atoms with van der Waals surface area (Å²) >= 11 is 1.54. The van der Waals surface area contributed by atoms with Crippen LogP contribution in [0.4, 0.5) is 16.6 Å². The van der Waals surface area contributed by atoms with Gasteiger partial charge in [-0.1, -0.05) is 11.3 Å². The first-order valence-corrected chi connectivity index (χ1v) is 6.49. The minimum absolute atomic E-state index is 0.667. The minimum Gasteiger partial charge on any atom is -0.497 e. The Bertz CT molecular complexity index is 725. The van der Waals surface area contributed by atoms with Gasteiger partial charge in [-0.3, -0.25) is 0 Å². The second-order valence-corrected chi connectivity index (χ2v) is 4.98. The second kappa shape index (κ2) is 4.74. The van der Waals surface area contributed by atoms with Crippen molar-refractivity contribution in [3.05, 3.63) is 36.5 Å². The van der Waals surface area contributed by atoms with Crippen LogP contribution in [0.2, 0.25) is 0 Å². The van der Waals surface area contributed by atoms with Crippen molar-refractivity contribution >= 4 is 38.2 Å². The summed E-state index contributed by atoms with van der Waals surface area (Å²) < 4.78 is 6.26. The standard InChI is InChI=1S/C13H12N4OS/c1-18-9-2-3-10-11(7-9)19-13(16-10)17-12-6-8(14)4-5-15-12/h2-7H,1H3,(H3,14,15,16,17). The van der Waals surface area contributed by atoms with Crippen LogP contribution in [-0.2, 0) is 0 Å². The molecule has 3 rings (SSSR count). The molecule has 0 saturated heterocycles. The fraction of sp³-hybridized carbons (Fsp3) is 0.0769. The van der Waals surface area contributed by atoms with Gasteiger partial charge in [0, 0.05) is 18.0 Å². The zero-order chi connectivity index (χ0) is 13.2. The zero-order valence-corrected chi connectivity index (χ0v) is 11.1.